The number of rotatable bonds is 12. The zero-order chi connectivity index (χ0) is 42.4. The molecule has 3 aliphatic rings. The molecule has 0 heterocycles. The number of anilines is 1. The maximum atomic E-state index is 14.3. The number of halogens is 1. The number of aliphatic hydroxyl groups excluding tert-OH is 3. The molecule has 0 spiro atoms. The van der Waals surface area contributed by atoms with E-state index < -0.39 is 88.7 Å². The molecule has 7 rings (SSSR count). The summed E-state index contributed by atoms with van der Waals surface area (Å²) in [6, 6.07) is 33.3. The molecule has 8 N–H and O–H groups in total. The van der Waals surface area contributed by atoms with Crippen molar-refractivity contribution in [2.45, 2.75) is 56.3 Å². The summed E-state index contributed by atoms with van der Waals surface area (Å²) in [4.78, 5) is 54.7. The number of hydrogen-bond donors (Lipinski definition) is 7. The Labute approximate surface area is 355 Å². The number of carbonyl (C=O) groups is 4. The Morgan fingerprint density at radius 1 is 0.817 bits per heavy atom. The van der Waals surface area contributed by atoms with Gasteiger partial charge in [-0.2, -0.15) is 0 Å². The fourth-order valence-electron chi connectivity index (χ4n) is 9.62. The van der Waals surface area contributed by atoms with Crippen LogP contribution < -0.4 is 39.4 Å². The second-order valence-corrected chi connectivity index (χ2v) is 19.5. The normalized spacial score (nSPS) is 23.7. The largest absolute Gasteiger partial charge is 1.00 e. The molecule has 0 radical (unpaired) electrons. The van der Waals surface area contributed by atoms with Gasteiger partial charge in [0.25, 0.3) is 5.91 Å². The van der Waals surface area contributed by atoms with Crippen LogP contribution in [-0.2, 0) is 19.2 Å². The van der Waals surface area contributed by atoms with E-state index >= 15 is 0 Å². The minimum absolute atomic E-state index is 0. The molecule has 4 aromatic rings. The van der Waals surface area contributed by atoms with Crippen LogP contribution in [0.5, 0.6) is 5.75 Å². The summed E-state index contributed by atoms with van der Waals surface area (Å²) in [6.45, 7) is 1.65. The third-order valence-corrected chi connectivity index (χ3v) is 16.9. The van der Waals surface area contributed by atoms with Crippen molar-refractivity contribution >= 4 is 58.0 Å². The number of fused-ring (bicyclic) bond motifs is 3. The summed E-state index contributed by atoms with van der Waals surface area (Å²) in [6.07, 6.45) is 1.53. The number of primary amides is 1. The number of aliphatic hydroxyl groups is 4. The fraction of sp³-hybridized carbons (Fsp3) is 0.304. The average Bonchev–Trinajstić information content (AvgIpc) is 3.22. The fourth-order valence-corrected chi connectivity index (χ4v) is 14.0. The van der Waals surface area contributed by atoms with Gasteiger partial charge in [0.05, 0.1) is 35.5 Å². The molecule has 3 aliphatic carbocycles. The van der Waals surface area contributed by atoms with Gasteiger partial charge in [-0.05, 0) is 87.3 Å². The number of aromatic hydroxyl groups is 1. The van der Waals surface area contributed by atoms with E-state index in [0.29, 0.717) is 12.0 Å². The molecular weight excluding hydrogens is 805 g/mol. The summed E-state index contributed by atoms with van der Waals surface area (Å²) in [5, 5.41) is 64.8. The molecule has 2 amide bonds. The lowest BCUT2D eigenvalue weighted by Gasteiger charge is -2.53. The maximum absolute atomic E-state index is 14.3. The van der Waals surface area contributed by atoms with E-state index in [1.807, 2.05) is 18.2 Å². The number of phenols is 1. The Morgan fingerprint density at radius 3 is 1.85 bits per heavy atom. The van der Waals surface area contributed by atoms with Crippen LogP contribution in [0.4, 0.5) is 5.69 Å². The van der Waals surface area contributed by atoms with E-state index in [1.54, 1.807) is 13.0 Å². The van der Waals surface area contributed by atoms with Crippen molar-refractivity contribution in [2.24, 2.45) is 17.6 Å². The number of amides is 2. The molecule has 0 aliphatic heterocycles. The number of Topliss-reactive ketones (excluding diaryl/α,β-unsaturated/α-hetero) is 2. The highest BCUT2D eigenvalue weighted by Crippen LogP contribution is 2.58. The topological polar surface area (TPSA) is 211 Å². The Kier molecular flexibility index (Phi) is 12.8. The second-order valence-electron chi connectivity index (χ2n) is 15.9. The predicted octanol–water partition coefficient (Wildman–Crippen LogP) is 0.993. The van der Waals surface area contributed by atoms with E-state index in [1.165, 1.54) is 41.0 Å². The third-order valence-electron chi connectivity index (χ3n) is 12.4. The van der Waals surface area contributed by atoms with Crippen LogP contribution in [0, 0.1) is 11.8 Å². The molecule has 1 fully saturated rings. The van der Waals surface area contributed by atoms with Crippen LogP contribution in [0.25, 0.3) is 5.76 Å². The second kappa shape index (κ2) is 17.3. The zero-order valence-corrected chi connectivity index (χ0v) is 35.1. The minimum Gasteiger partial charge on any atom is -1.00 e. The van der Waals surface area contributed by atoms with E-state index in [4.69, 9.17) is 5.73 Å². The highest BCUT2D eigenvalue weighted by molar-refractivity contribution is 7.95. The van der Waals surface area contributed by atoms with Gasteiger partial charge in [-0.1, -0.05) is 67.6 Å². The van der Waals surface area contributed by atoms with Gasteiger partial charge in [-0.15, -0.1) is 0 Å². The van der Waals surface area contributed by atoms with E-state index in [9.17, 15) is 44.7 Å². The van der Waals surface area contributed by atoms with E-state index in [-0.39, 0.29) is 36.0 Å². The van der Waals surface area contributed by atoms with Gasteiger partial charge in [0.2, 0.25) is 11.7 Å². The van der Waals surface area contributed by atoms with Crippen LogP contribution in [0.15, 0.2) is 120 Å². The third kappa shape index (κ3) is 7.10. The molecule has 0 saturated heterocycles. The van der Waals surface area contributed by atoms with E-state index in [0.717, 1.165) is 19.0 Å². The summed E-state index contributed by atoms with van der Waals surface area (Å²) >= 11 is 0. The van der Waals surface area contributed by atoms with Crippen molar-refractivity contribution in [3.63, 3.8) is 0 Å². The maximum Gasteiger partial charge on any atom is 0.255 e. The molecule has 14 heteroatoms. The van der Waals surface area contributed by atoms with Crippen molar-refractivity contribution < 1.29 is 57.1 Å². The molecular formula is C46H49ClN3O9P. The molecule has 0 unspecified atom stereocenters. The SMILES string of the molecule is C[C@H]1c2ccc(NC(=O)CCCCC[P+](c3ccccc3)(c3ccccc3)c3ccccc3)c(O)c2C(O)=C2C(=O)[C@]3(O)C(O)=C(C(N)=O)C(=O)[C@@H](N(C)C)[C@@H]3[C@@H](O)[C@@H]21.[Cl-]. The van der Waals surface area contributed by atoms with Gasteiger partial charge in [-0.3, -0.25) is 24.1 Å². The molecule has 314 valence electrons. The highest BCUT2D eigenvalue weighted by atomic mass is 35.5. The number of nitrogens with one attached hydrogen (secondary N) is 1. The quantitative estimate of drug-likeness (QED) is 0.0466. The number of ketones is 2. The van der Waals surface area contributed by atoms with Gasteiger partial charge in [0.1, 0.15) is 46.0 Å². The van der Waals surface area contributed by atoms with Crippen LogP contribution in [0.2, 0.25) is 0 Å². The first-order valence-corrected chi connectivity index (χ1v) is 21.7. The van der Waals surface area contributed by atoms with Crippen LogP contribution in [0.3, 0.4) is 0 Å². The summed E-state index contributed by atoms with van der Waals surface area (Å²) in [5.74, 6) is -10.2. The van der Waals surface area contributed by atoms with Crippen molar-refractivity contribution in [3.8, 4) is 5.75 Å². The minimum atomic E-state index is -3.02. The van der Waals surface area contributed by atoms with Gasteiger partial charge >= 0.3 is 0 Å². The Bertz CT molecular complexity index is 2280. The van der Waals surface area contributed by atoms with Crippen LogP contribution in [-0.4, -0.2) is 91.8 Å². The van der Waals surface area contributed by atoms with Crippen molar-refractivity contribution in [3.05, 3.63) is 131 Å². The smallest absolute Gasteiger partial charge is 0.255 e. The molecule has 6 atom stereocenters. The zero-order valence-electron chi connectivity index (χ0n) is 33.5. The number of likely N-dealkylation sites (N-methyl/N-ethyl adjacent to an activating group) is 1. The highest BCUT2D eigenvalue weighted by Gasteiger charge is 2.68. The monoisotopic (exact) mass is 853 g/mol. The van der Waals surface area contributed by atoms with Crippen molar-refractivity contribution in [1.82, 2.24) is 4.90 Å². The van der Waals surface area contributed by atoms with Gasteiger partial charge in [0, 0.05) is 17.9 Å². The van der Waals surface area contributed by atoms with Gasteiger partial charge < -0.3 is 49.0 Å². The lowest BCUT2D eigenvalue weighted by Crippen LogP contribution is -3.00. The number of benzene rings is 4. The molecule has 4 aromatic carbocycles. The van der Waals surface area contributed by atoms with E-state index in [2.05, 4.69) is 78.1 Å². The number of unbranched alkanes of at least 4 members (excludes halogenated alkanes) is 2. The van der Waals surface area contributed by atoms with Crippen LogP contribution in [0.1, 0.15) is 49.7 Å². The molecule has 12 nitrogen and oxygen atoms in total. The first kappa shape index (κ1) is 44.2. The number of carbonyl (C=O) groups excluding carboxylic acids is 4. The number of phenolic OH excluding ortho intramolecular Hbond substituents is 1. The lowest BCUT2D eigenvalue weighted by molar-refractivity contribution is -0.169. The number of nitrogens with two attached hydrogens (primary N) is 1. The average molecular weight is 854 g/mol. The molecule has 0 aromatic heterocycles. The first-order valence-electron chi connectivity index (χ1n) is 19.7. The van der Waals surface area contributed by atoms with Gasteiger partial charge in [0.15, 0.2) is 11.4 Å². The Hall–Kier alpha value is -5.36. The summed E-state index contributed by atoms with van der Waals surface area (Å²) in [5.41, 5.74) is 1.03. The van der Waals surface area contributed by atoms with Crippen molar-refractivity contribution in [2.75, 3.05) is 25.6 Å². The number of nitrogens with zero attached hydrogens (tertiary/aromatic N) is 1. The first-order chi connectivity index (χ1) is 28.2. The summed E-state index contributed by atoms with van der Waals surface area (Å²) in [7, 11) is 0.878. The molecule has 1 saturated carbocycles. The van der Waals surface area contributed by atoms with Gasteiger partial charge in [-0.25, -0.2) is 0 Å². The van der Waals surface area contributed by atoms with Crippen molar-refractivity contribution in [1.29, 1.82) is 0 Å². The number of hydrogen-bond acceptors (Lipinski definition) is 10. The summed E-state index contributed by atoms with van der Waals surface area (Å²) < 4.78 is 0. The Balaban J connectivity index is 0.00000604. The predicted molar refractivity (Wildman–Crippen MR) is 227 cm³/mol. The molecule has 0 bridgehead atoms. The molecule has 60 heavy (non-hydrogen) atoms. The lowest BCUT2D eigenvalue weighted by atomic mass is 9.54. The Morgan fingerprint density at radius 2 is 1.35 bits per heavy atom. The van der Waals surface area contributed by atoms with Crippen LogP contribution >= 0.6 is 7.26 Å². The standard InChI is InChI=1S/C46H48N3O9P.ClH/c1-26-30-23-24-31(39(51)34(30)40(52)35-33(26)41(53)37-38(49(2)3)42(54)36(45(47)57)44(56)46(37,58)43(35)55)48-32(50)22-14-7-15-25-59(27-16-8-4-9-17-27,28-18-10-5-11-19-28)29-20-12-6-13-21-29;/h4-6,8-13,16-21,23-24,26,33,37-38,41,53,58H,7,14-15,22,25H2,1-3H3,(H5-,47,48,50,51,52,54,55,56,57);1H/t26-,33+,37+,38-,41-,46-;/m0./s1.